The van der Waals surface area contributed by atoms with Gasteiger partial charge in [-0.15, -0.1) is 0 Å². The van der Waals surface area contributed by atoms with Gasteiger partial charge in [0, 0.05) is 0 Å². The number of rotatable bonds is 10. The highest BCUT2D eigenvalue weighted by Gasteiger charge is 2.52. The fourth-order valence-corrected chi connectivity index (χ4v) is 9.44. The monoisotopic (exact) mass is 439 g/mol. The molecule has 0 aromatic rings. The highest BCUT2D eigenvalue weighted by Crippen LogP contribution is 2.60. The Bertz CT molecular complexity index is 604. The molecule has 4 aliphatic carbocycles. The molecule has 0 bridgehead atoms. The van der Waals surface area contributed by atoms with Crippen LogP contribution in [-0.4, -0.2) is 0 Å². The van der Waals surface area contributed by atoms with Gasteiger partial charge >= 0.3 is 0 Å². The van der Waals surface area contributed by atoms with Gasteiger partial charge in [0.05, 0.1) is 11.5 Å². The summed E-state index contributed by atoms with van der Waals surface area (Å²) < 4.78 is 0. The van der Waals surface area contributed by atoms with Crippen molar-refractivity contribution >= 4 is 0 Å². The third-order valence-electron chi connectivity index (χ3n) is 11.0. The standard InChI is InChI=1S/C31H53N/c1-3-5-7-8-10-20-31(23-32)21-19-27-25(22-31)15-16-30-28-14-11-13-24(12-9-6-4-2)26(28)17-18-29(27)30/h24-30H,3-22H2,1-2H3/t24-,25?,26?,27?,28?,29?,30?,31-/m1/s1. The van der Waals surface area contributed by atoms with Gasteiger partial charge in [0.2, 0.25) is 0 Å². The zero-order chi connectivity index (χ0) is 22.4. The van der Waals surface area contributed by atoms with Crippen molar-refractivity contribution in [2.75, 3.05) is 0 Å². The van der Waals surface area contributed by atoms with E-state index in [2.05, 4.69) is 19.9 Å². The summed E-state index contributed by atoms with van der Waals surface area (Å²) in [6, 6.07) is 2.89. The highest BCUT2D eigenvalue weighted by molar-refractivity contribution is 5.07. The minimum Gasteiger partial charge on any atom is -0.198 e. The third-order valence-corrected chi connectivity index (χ3v) is 11.0. The fraction of sp³-hybridized carbons (Fsp3) is 0.968. The SMILES string of the molecule is CCCCCCC[C@@]1(C#N)CCC2C(CCC3C2CCC2C3CCC[C@H]2CCCCC)C1. The molecule has 0 amide bonds. The molecule has 1 heteroatoms. The van der Waals surface area contributed by atoms with Crippen LogP contribution in [0.3, 0.4) is 0 Å². The van der Waals surface area contributed by atoms with Crippen LogP contribution in [0, 0.1) is 58.2 Å². The molecular formula is C31H53N. The van der Waals surface area contributed by atoms with Crippen LogP contribution in [0.5, 0.6) is 0 Å². The molecule has 0 heterocycles. The van der Waals surface area contributed by atoms with E-state index in [9.17, 15) is 5.26 Å². The van der Waals surface area contributed by atoms with E-state index in [-0.39, 0.29) is 5.41 Å². The molecule has 0 aromatic carbocycles. The van der Waals surface area contributed by atoms with Crippen molar-refractivity contribution in [3.63, 3.8) is 0 Å². The van der Waals surface area contributed by atoms with Gasteiger partial charge in [-0.2, -0.15) is 5.26 Å². The maximum atomic E-state index is 10.2. The number of nitriles is 1. The molecule has 4 rings (SSSR count). The second-order valence-corrected chi connectivity index (χ2v) is 12.7. The molecule has 0 aromatic heterocycles. The van der Waals surface area contributed by atoms with Crippen molar-refractivity contribution in [2.24, 2.45) is 46.8 Å². The number of fused-ring (bicyclic) bond motifs is 5. The van der Waals surface area contributed by atoms with Gasteiger partial charge in [-0.1, -0.05) is 84.5 Å². The van der Waals surface area contributed by atoms with Crippen molar-refractivity contribution in [2.45, 2.75) is 142 Å². The minimum absolute atomic E-state index is 0.0344. The summed E-state index contributed by atoms with van der Waals surface area (Å²) in [6.45, 7) is 4.65. The van der Waals surface area contributed by atoms with E-state index in [1.165, 1.54) is 116 Å². The van der Waals surface area contributed by atoms with Crippen LogP contribution in [0.15, 0.2) is 0 Å². The van der Waals surface area contributed by atoms with Crippen LogP contribution in [0.2, 0.25) is 0 Å². The largest absolute Gasteiger partial charge is 0.198 e. The Morgan fingerprint density at radius 3 is 2.19 bits per heavy atom. The van der Waals surface area contributed by atoms with E-state index in [4.69, 9.17) is 0 Å². The second kappa shape index (κ2) is 11.8. The van der Waals surface area contributed by atoms with Gasteiger partial charge in [0.25, 0.3) is 0 Å². The first-order chi connectivity index (χ1) is 15.7. The predicted octanol–water partition coefficient (Wildman–Crippen LogP) is 9.71. The highest BCUT2D eigenvalue weighted by atomic mass is 14.6. The maximum Gasteiger partial charge on any atom is 0.0689 e. The normalized spacial score (nSPS) is 41.2. The first-order valence-electron chi connectivity index (χ1n) is 15.1. The second-order valence-electron chi connectivity index (χ2n) is 12.7. The smallest absolute Gasteiger partial charge is 0.0689 e. The van der Waals surface area contributed by atoms with Gasteiger partial charge in [-0.05, 0) is 99.2 Å². The van der Waals surface area contributed by atoms with Crippen LogP contribution in [0.1, 0.15) is 142 Å². The molecule has 4 fully saturated rings. The number of unbranched alkanes of at least 4 members (excludes halogenated alkanes) is 6. The molecule has 0 N–H and O–H groups in total. The van der Waals surface area contributed by atoms with Crippen molar-refractivity contribution in [3.05, 3.63) is 0 Å². The summed E-state index contributed by atoms with van der Waals surface area (Å²) in [5.74, 6) is 7.11. The summed E-state index contributed by atoms with van der Waals surface area (Å²) in [5.41, 5.74) is 0.0344. The van der Waals surface area contributed by atoms with E-state index in [1.807, 2.05) is 0 Å². The Morgan fingerprint density at radius 1 is 0.688 bits per heavy atom. The lowest BCUT2D eigenvalue weighted by Gasteiger charge is -2.57. The Kier molecular flexibility index (Phi) is 9.04. The van der Waals surface area contributed by atoms with Crippen LogP contribution < -0.4 is 0 Å². The van der Waals surface area contributed by atoms with Crippen molar-refractivity contribution < 1.29 is 0 Å². The Balaban J connectivity index is 1.34. The fourth-order valence-electron chi connectivity index (χ4n) is 9.44. The van der Waals surface area contributed by atoms with Crippen LogP contribution >= 0.6 is 0 Å². The van der Waals surface area contributed by atoms with E-state index in [0.29, 0.717) is 0 Å². The topological polar surface area (TPSA) is 23.8 Å². The lowest BCUT2D eigenvalue weighted by molar-refractivity contribution is -0.0718. The quantitative estimate of drug-likeness (QED) is 0.311. The number of hydrogen-bond donors (Lipinski definition) is 0. The molecule has 0 saturated heterocycles. The van der Waals surface area contributed by atoms with Crippen molar-refractivity contribution in [1.82, 2.24) is 0 Å². The molecule has 32 heavy (non-hydrogen) atoms. The van der Waals surface area contributed by atoms with Gasteiger partial charge in [-0.3, -0.25) is 0 Å². The first kappa shape index (κ1) is 24.6. The lowest BCUT2D eigenvalue weighted by Crippen LogP contribution is -2.49. The molecule has 4 saturated carbocycles. The zero-order valence-electron chi connectivity index (χ0n) is 21.6. The van der Waals surface area contributed by atoms with E-state index in [1.54, 1.807) is 12.8 Å². The van der Waals surface area contributed by atoms with E-state index < -0.39 is 0 Å². The minimum atomic E-state index is 0.0344. The Morgan fingerprint density at radius 2 is 1.38 bits per heavy atom. The molecule has 4 aliphatic rings. The van der Waals surface area contributed by atoms with Crippen LogP contribution in [0.25, 0.3) is 0 Å². The van der Waals surface area contributed by atoms with Crippen LogP contribution in [0.4, 0.5) is 0 Å². The van der Waals surface area contributed by atoms with Gasteiger partial charge in [-0.25, -0.2) is 0 Å². The first-order valence-corrected chi connectivity index (χ1v) is 15.1. The average Bonchev–Trinajstić information content (AvgIpc) is 2.83. The molecule has 0 spiro atoms. The molecule has 6 unspecified atom stereocenters. The van der Waals surface area contributed by atoms with Gasteiger partial charge < -0.3 is 0 Å². The van der Waals surface area contributed by atoms with Gasteiger partial charge in [0.1, 0.15) is 0 Å². The molecule has 182 valence electrons. The molecule has 1 nitrogen and oxygen atoms in total. The summed E-state index contributed by atoms with van der Waals surface area (Å²) in [7, 11) is 0. The Labute approximate surface area is 200 Å². The maximum absolute atomic E-state index is 10.2. The van der Waals surface area contributed by atoms with E-state index in [0.717, 1.165) is 41.4 Å². The molecule has 0 aliphatic heterocycles. The van der Waals surface area contributed by atoms with Crippen molar-refractivity contribution in [3.8, 4) is 6.07 Å². The third kappa shape index (κ3) is 5.41. The van der Waals surface area contributed by atoms with Gasteiger partial charge in [0.15, 0.2) is 0 Å². The summed E-state index contributed by atoms with van der Waals surface area (Å²) >= 11 is 0. The summed E-state index contributed by atoms with van der Waals surface area (Å²) in [6.07, 6.45) is 28.2. The van der Waals surface area contributed by atoms with Crippen LogP contribution in [-0.2, 0) is 0 Å². The predicted molar refractivity (Wildman–Crippen MR) is 136 cm³/mol. The summed E-state index contributed by atoms with van der Waals surface area (Å²) in [5, 5.41) is 10.2. The molecule has 8 atom stereocenters. The molecule has 0 radical (unpaired) electrons. The van der Waals surface area contributed by atoms with E-state index >= 15 is 0 Å². The number of hydrogen-bond acceptors (Lipinski definition) is 1. The number of nitrogens with zero attached hydrogens (tertiary/aromatic N) is 1. The van der Waals surface area contributed by atoms with Crippen molar-refractivity contribution in [1.29, 1.82) is 5.26 Å². The zero-order valence-corrected chi connectivity index (χ0v) is 21.6. The lowest BCUT2D eigenvalue weighted by atomic mass is 9.48. The Hall–Kier alpha value is -0.510. The summed E-state index contributed by atoms with van der Waals surface area (Å²) in [4.78, 5) is 0. The molecular weight excluding hydrogens is 386 g/mol. The average molecular weight is 440 g/mol.